The summed E-state index contributed by atoms with van der Waals surface area (Å²) in [6.45, 7) is 4.02. The van der Waals surface area contributed by atoms with Crippen LogP contribution < -0.4 is 5.32 Å². The van der Waals surface area contributed by atoms with Gasteiger partial charge >= 0.3 is 0 Å². The van der Waals surface area contributed by atoms with Gasteiger partial charge in [-0.2, -0.15) is 12.6 Å². The van der Waals surface area contributed by atoms with E-state index in [0.29, 0.717) is 23.3 Å². The van der Waals surface area contributed by atoms with Gasteiger partial charge in [0.15, 0.2) is 0 Å². The summed E-state index contributed by atoms with van der Waals surface area (Å²) in [5.41, 5.74) is 2.45. The second-order valence-electron chi connectivity index (χ2n) is 4.20. The fourth-order valence-electron chi connectivity index (χ4n) is 1.74. The number of thiol groups is 1. The number of carbonyl (C=O) groups excluding carboxylic acids is 1. The van der Waals surface area contributed by atoms with Crippen molar-refractivity contribution in [1.82, 2.24) is 15.3 Å². The lowest BCUT2D eigenvalue weighted by atomic mass is 10.1. The second-order valence-corrected chi connectivity index (χ2v) is 4.64. The molecule has 0 radical (unpaired) electrons. The molecule has 0 atom stereocenters. The lowest BCUT2D eigenvalue weighted by Gasteiger charge is -2.08. The Kier molecular flexibility index (Phi) is 3.99. The summed E-state index contributed by atoms with van der Waals surface area (Å²) >= 11 is 4.01. The Bertz CT molecular complexity index is 645. The van der Waals surface area contributed by atoms with Crippen LogP contribution in [0.25, 0.3) is 11.0 Å². The van der Waals surface area contributed by atoms with E-state index in [1.807, 2.05) is 0 Å². The van der Waals surface area contributed by atoms with Gasteiger partial charge in [0, 0.05) is 18.4 Å². The maximum absolute atomic E-state index is 13.5. The summed E-state index contributed by atoms with van der Waals surface area (Å²) in [6.07, 6.45) is 0. The fraction of sp³-hybridized carbons (Fsp3) is 0.308. The highest BCUT2D eigenvalue weighted by atomic mass is 32.1. The first kappa shape index (κ1) is 13.7. The van der Waals surface area contributed by atoms with E-state index in [0.717, 1.165) is 11.4 Å². The first-order chi connectivity index (χ1) is 9.02. The molecule has 1 heterocycles. The number of aromatic nitrogens is 2. The normalized spacial score (nSPS) is 10.7. The lowest BCUT2D eigenvalue weighted by Crippen LogP contribution is -2.26. The van der Waals surface area contributed by atoms with Crippen LogP contribution in [0.2, 0.25) is 0 Å². The van der Waals surface area contributed by atoms with Crippen molar-refractivity contribution in [1.29, 1.82) is 0 Å². The van der Waals surface area contributed by atoms with Crippen molar-refractivity contribution in [3.63, 3.8) is 0 Å². The van der Waals surface area contributed by atoms with Crippen LogP contribution in [0.5, 0.6) is 0 Å². The number of carbonyl (C=O) groups is 1. The number of rotatable bonds is 3. The third kappa shape index (κ3) is 2.84. The zero-order valence-corrected chi connectivity index (χ0v) is 11.6. The zero-order valence-electron chi connectivity index (χ0n) is 10.7. The van der Waals surface area contributed by atoms with Gasteiger partial charge in [0.05, 0.1) is 22.5 Å². The van der Waals surface area contributed by atoms with Crippen LogP contribution in [-0.4, -0.2) is 28.2 Å². The molecule has 0 spiro atoms. The maximum Gasteiger partial charge on any atom is 0.253 e. The Morgan fingerprint density at radius 3 is 2.68 bits per heavy atom. The highest BCUT2D eigenvalue weighted by Crippen LogP contribution is 2.19. The Morgan fingerprint density at radius 1 is 1.32 bits per heavy atom. The van der Waals surface area contributed by atoms with Crippen molar-refractivity contribution >= 4 is 29.6 Å². The number of benzene rings is 1. The number of amides is 1. The molecule has 0 fully saturated rings. The molecule has 0 aliphatic rings. The molecule has 0 bridgehead atoms. The van der Waals surface area contributed by atoms with Gasteiger partial charge in [0.1, 0.15) is 11.3 Å². The van der Waals surface area contributed by atoms with Crippen LogP contribution in [0.1, 0.15) is 21.7 Å². The minimum absolute atomic E-state index is 0.201. The van der Waals surface area contributed by atoms with Gasteiger partial charge in [0.2, 0.25) is 0 Å². The molecular weight excluding hydrogens is 265 g/mol. The molecule has 4 nitrogen and oxygen atoms in total. The van der Waals surface area contributed by atoms with E-state index in [1.54, 1.807) is 13.8 Å². The predicted octanol–water partition coefficient (Wildman–Crippen LogP) is 2.05. The van der Waals surface area contributed by atoms with Crippen molar-refractivity contribution in [3.05, 3.63) is 34.9 Å². The van der Waals surface area contributed by atoms with Crippen molar-refractivity contribution in [2.45, 2.75) is 13.8 Å². The Balaban J connectivity index is 2.59. The molecule has 0 aliphatic heterocycles. The number of nitrogens with one attached hydrogen (secondary N) is 1. The SMILES string of the molecule is Cc1nc2cc(F)cc(C(=O)NCCS)c2nc1C. The molecule has 0 saturated carbocycles. The molecule has 1 aromatic heterocycles. The van der Waals surface area contributed by atoms with Crippen molar-refractivity contribution in [2.24, 2.45) is 0 Å². The molecule has 19 heavy (non-hydrogen) atoms. The van der Waals surface area contributed by atoms with Crippen LogP contribution in [0.4, 0.5) is 4.39 Å². The number of hydrogen-bond acceptors (Lipinski definition) is 4. The number of halogens is 1. The van der Waals surface area contributed by atoms with Gasteiger partial charge in [-0.3, -0.25) is 4.79 Å². The monoisotopic (exact) mass is 279 g/mol. The van der Waals surface area contributed by atoms with Crippen LogP contribution in [0, 0.1) is 19.7 Å². The third-order valence-corrected chi connectivity index (χ3v) is 3.01. The van der Waals surface area contributed by atoms with Gasteiger partial charge in [-0.05, 0) is 19.9 Å². The van der Waals surface area contributed by atoms with Crippen LogP contribution in [0.3, 0.4) is 0 Å². The van der Waals surface area contributed by atoms with E-state index in [1.165, 1.54) is 12.1 Å². The molecule has 1 aromatic carbocycles. The standard InChI is InChI=1S/C13H14FN3OS/c1-7-8(2)17-12-10(13(18)15-3-4-19)5-9(14)6-11(12)16-7/h5-6,19H,3-4H2,1-2H3,(H,15,18). The maximum atomic E-state index is 13.5. The minimum Gasteiger partial charge on any atom is -0.351 e. The minimum atomic E-state index is -0.499. The summed E-state index contributed by atoms with van der Waals surface area (Å²) in [7, 11) is 0. The topological polar surface area (TPSA) is 54.9 Å². The third-order valence-electron chi connectivity index (χ3n) is 2.79. The molecular formula is C13H14FN3OS. The second kappa shape index (κ2) is 5.52. The molecule has 0 aliphatic carbocycles. The van der Waals surface area contributed by atoms with E-state index in [2.05, 4.69) is 27.9 Å². The highest BCUT2D eigenvalue weighted by molar-refractivity contribution is 7.80. The molecule has 1 N–H and O–H groups in total. The average Bonchev–Trinajstić information content (AvgIpc) is 2.37. The molecule has 0 unspecified atom stereocenters. The average molecular weight is 279 g/mol. The van der Waals surface area contributed by atoms with Crippen LogP contribution in [0.15, 0.2) is 12.1 Å². The number of hydrogen-bond donors (Lipinski definition) is 2. The molecule has 0 saturated heterocycles. The van der Waals surface area contributed by atoms with Crippen LogP contribution >= 0.6 is 12.6 Å². The fourth-order valence-corrected chi connectivity index (χ4v) is 1.85. The molecule has 6 heteroatoms. The quantitative estimate of drug-likeness (QED) is 0.845. The number of fused-ring (bicyclic) bond motifs is 1. The summed E-state index contributed by atoms with van der Waals surface area (Å²) in [6, 6.07) is 2.46. The predicted molar refractivity (Wildman–Crippen MR) is 75.2 cm³/mol. The van der Waals surface area contributed by atoms with Gasteiger partial charge in [-0.15, -0.1) is 0 Å². The van der Waals surface area contributed by atoms with E-state index in [4.69, 9.17) is 0 Å². The van der Waals surface area contributed by atoms with Gasteiger partial charge in [-0.25, -0.2) is 14.4 Å². The Morgan fingerprint density at radius 2 is 2.00 bits per heavy atom. The number of aryl methyl sites for hydroxylation is 2. The van der Waals surface area contributed by atoms with E-state index in [-0.39, 0.29) is 11.5 Å². The molecule has 1 amide bonds. The van der Waals surface area contributed by atoms with Gasteiger partial charge in [0.25, 0.3) is 5.91 Å². The van der Waals surface area contributed by atoms with E-state index < -0.39 is 5.82 Å². The molecule has 100 valence electrons. The van der Waals surface area contributed by atoms with E-state index in [9.17, 15) is 9.18 Å². The van der Waals surface area contributed by atoms with Crippen molar-refractivity contribution in [2.75, 3.05) is 12.3 Å². The first-order valence-corrected chi connectivity index (χ1v) is 6.49. The Labute approximate surface area is 115 Å². The van der Waals surface area contributed by atoms with Gasteiger partial charge < -0.3 is 5.32 Å². The van der Waals surface area contributed by atoms with Gasteiger partial charge in [-0.1, -0.05) is 0 Å². The Hall–Kier alpha value is -1.69. The molecule has 2 aromatic rings. The number of nitrogens with zero attached hydrogens (tertiary/aromatic N) is 2. The summed E-state index contributed by atoms with van der Waals surface area (Å²) in [5.74, 6) is -0.347. The van der Waals surface area contributed by atoms with Crippen molar-refractivity contribution < 1.29 is 9.18 Å². The van der Waals surface area contributed by atoms with E-state index >= 15 is 0 Å². The van der Waals surface area contributed by atoms with Crippen LogP contribution in [-0.2, 0) is 0 Å². The summed E-state index contributed by atoms with van der Waals surface area (Å²) in [4.78, 5) is 20.6. The smallest absolute Gasteiger partial charge is 0.253 e. The largest absolute Gasteiger partial charge is 0.351 e. The first-order valence-electron chi connectivity index (χ1n) is 5.86. The molecule has 2 rings (SSSR count). The zero-order chi connectivity index (χ0) is 14.0. The summed E-state index contributed by atoms with van der Waals surface area (Å²) in [5, 5.41) is 2.65. The van der Waals surface area contributed by atoms with Crippen molar-refractivity contribution in [3.8, 4) is 0 Å². The highest BCUT2D eigenvalue weighted by Gasteiger charge is 2.14. The summed E-state index contributed by atoms with van der Waals surface area (Å²) < 4.78 is 13.5. The lowest BCUT2D eigenvalue weighted by molar-refractivity contribution is 0.0957.